The van der Waals surface area contributed by atoms with Crippen LogP contribution in [-0.2, 0) is 4.74 Å². The smallest absolute Gasteiger partial charge is 0.254 e. The molecule has 7 nitrogen and oxygen atoms in total. The molecule has 142 valence electrons. The first-order chi connectivity index (χ1) is 13.1. The predicted octanol–water partition coefficient (Wildman–Crippen LogP) is 3.16. The molecular formula is C19H21ClN4O3. The van der Waals surface area contributed by atoms with Gasteiger partial charge in [-0.25, -0.2) is 9.67 Å². The van der Waals surface area contributed by atoms with Crippen molar-refractivity contribution < 1.29 is 14.3 Å². The van der Waals surface area contributed by atoms with Crippen LogP contribution in [0.4, 0.5) is 0 Å². The van der Waals surface area contributed by atoms with E-state index < -0.39 is 0 Å². The minimum absolute atomic E-state index is 0.262. The van der Waals surface area contributed by atoms with Gasteiger partial charge in [-0.2, -0.15) is 5.10 Å². The number of methoxy groups -OCH3 is 2. The van der Waals surface area contributed by atoms with Crippen LogP contribution in [0.3, 0.4) is 0 Å². The number of hydrogen-bond acceptors (Lipinski definition) is 5. The second kappa shape index (κ2) is 8.37. The normalized spacial score (nSPS) is 11.0. The molecule has 27 heavy (non-hydrogen) atoms. The highest BCUT2D eigenvalue weighted by molar-refractivity contribution is 6.38. The monoisotopic (exact) mass is 388 g/mol. The fraction of sp³-hybridized carbons (Fsp3) is 0.316. The lowest BCUT2D eigenvalue weighted by atomic mass is 10.2. The summed E-state index contributed by atoms with van der Waals surface area (Å²) >= 11 is 6.53. The lowest BCUT2D eigenvalue weighted by Gasteiger charge is -2.08. The number of rotatable bonds is 7. The third-order valence-corrected chi connectivity index (χ3v) is 4.57. The summed E-state index contributed by atoms with van der Waals surface area (Å²) in [6.45, 7) is 2.93. The molecule has 8 heteroatoms. The zero-order chi connectivity index (χ0) is 19.4. The van der Waals surface area contributed by atoms with Crippen molar-refractivity contribution in [1.82, 2.24) is 20.1 Å². The number of ether oxygens (including phenoxy) is 2. The molecule has 0 atom stereocenters. The third-order valence-electron chi connectivity index (χ3n) is 4.18. The lowest BCUT2D eigenvalue weighted by Crippen LogP contribution is -2.25. The van der Waals surface area contributed by atoms with Crippen LogP contribution in [0.5, 0.6) is 5.75 Å². The first-order valence-corrected chi connectivity index (χ1v) is 8.90. The third kappa shape index (κ3) is 3.89. The predicted molar refractivity (Wildman–Crippen MR) is 104 cm³/mol. The first kappa shape index (κ1) is 19.1. The maximum absolute atomic E-state index is 12.4. The zero-order valence-corrected chi connectivity index (χ0v) is 16.2. The van der Waals surface area contributed by atoms with Crippen molar-refractivity contribution in [3.63, 3.8) is 0 Å². The number of benzene rings is 1. The maximum Gasteiger partial charge on any atom is 0.254 e. The highest BCUT2D eigenvalue weighted by Gasteiger charge is 2.19. The number of halogens is 1. The SMILES string of the molecule is COCCCNC(=O)c1cnc2c(c(C)nn2-c2ccc(OC)cc2)c1Cl. The van der Waals surface area contributed by atoms with E-state index in [1.807, 2.05) is 31.2 Å². The molecule has 0 aliphatic carbocycles. The van der Waals surface area contributed by atoms with E-state index in [2.05, 4.69) is 15.4 Å². The summed E-state index contributed by atoms with van der Waals surface area (Å²) in [6, 6.07) is 7.47. The Morgan fingerprint density at radius 2 is 2.00 bits per heavy atom. The average molecular weight is 389 g/mol. The summed E-state index contributed by atoms with van der Waals surface area (Å²) in [7, 11) is 3.24. The number of amides is 1. The summed E-state index contributed by atoms with van der Waals surface area (Å²) in [5.41, 5.74) is 2.46. The number of nitrogens with one attached hydrogen (secondary N) is 1. The van der Waals surface area contributed by atoms with Gasteiger partial charge in [0, 0.05) is 26.5 Å². The standard InChI is InChI=1S/C19H21ClN4O3/c1-12-16-17(20)15(19(25)21-9-4-10-26-2)11-22-18(16)24(23-12)13-5-7-14(27-3)8-6-13/h5-8,11H,4,9-10H2,1-3H3,(H,21,25). The molecule has 0 saturated heterocycles. The molecule has 1 aromatic carbocycles. The molecule has 0 aliphatic rings. The van der Waals surface area contributed by atoms with Crippen molar-refractivity contribution in [1.29, 1.82) is 0 Å². The number of pyridine rings is 1. The molecule has 3 aromatic rings. The average Bonchev–Trinajstić information content (AvgIpc) is 3.03. The van der Waals surface area contributed by atoms with E-state index in [9.17, 15) is 4.79 Å². The van der Waals surface area contributed by atoms with Crippen LogP contribution >= 0.6 is 11.6 Å². The zero-order valence-electron chi connectivity index (χ0n) is 15.5. The minimum Gasteiger partial charge on any atom is -0.497 e. The van der Waals surface area contributed by atoms with Gasteiger partial charge in [0.05, 0.1) is 34.5 Å². The molecule has 2 aromatic heterocycles. The van der Waals surface area contributed by atoms with Crippen molar-refractivity contribution in [3.8, 4) is 11.4 Å². The van der Waals surface area contributed by atoms with Gasteiger partial charge in [0.15, 0.2) is 5.65 Å². The number of hydrogen-bond donors (Lipinski definition) is 1. The van der Waals surface area contributed by atoms with Gasteiger partial charge in [-0.15, -0.1) is 0 Å². The van der Waals surface area contributed by atoms with Crippen molar-refractivity contribution in [2.75, 3.05) is 27.4 Å². The quantitative estimate of drug-likeness (QED) is 0.629. The Labute approximate surface area is 162 Å². The molecule has 2 heterocycles. The summed E-state index contributed by atoms with van der Waals surface area (Å²) in [6.07, 6.45) is 2.21. The summed E-state index contributed by atoms with van der Waals surface area (Å²) < 4.78 is 11.9. The van der Waals surface area contributed by atoms with Gasteiger partial charge < -0.3 is 14.8 Å². The van der Waals surface area contributed by atoms with Crippen LogP contribution in [-0.4, -0.2) is 48.0 Å². The first-order valence-electron chi connectivity index (χ1n) is 8.52. The topological polar surface area (TPSA) is 78.3 Å². The van der Waals surface area contributed by atoms with Crippen LogP contribution in [0.25, 0.3) is 16.7 Å². The van der Waals surface area contributed by atoms with Crippen molar-refractivity contribution in [3.05, 3.63) is 46.7 Å². The summed E-state index contributed by atoms with van der Waals surface area (Å²) in [5, 5.41) is 8.38. The van der Waals surface area contributed by atoms with E-state index in [0.717, 1.165) is 17.9 Å². The second-order valence-corrected chi connectivity index (χ2v) is 6.36. The number of aryl methyl sites for hydroxylation is 1. The van der Waals surface area contributed by atoms with Crippen LogP contribution in [0, 0.1) is 6.92 Å². The lowest BCUT2D eigenvalue weighted by molar-refractivity contribution is 0.0948. The Bertz CT molecular complexity index is 954. The minimum atomic E-state index is -0.262. The maximum atomic E-state index is 12.4. The molecule has 0 spiro atoms. The highest BCUT2D eigenvalue weighted by Crippen LogP contribution is 2.30. The van der Waals surface area contributed by atoms with Crippen LogP contribution < -0.4 is 10.1 Å². The van der Waals surface area contributed by atoms with Crippen LogP contribution in [0.15, 0.2) is 30.5 Å². The summed E-state index contributed by atoms with van der Waals surface area (Å²) in [5.74, 6) is 0.493. The molecule has 0 bridgehead atoms. The van der Waals surface area contributed by atoms with Gasteiger partial charge in [-0.05, 0) is 37.6 Å². The van der Waals surface area contributed by atoms with E-state index >= 15 is 0 Å². The number of carbonyl (C=O) groups excluding carboxylic acids is 1. The van der Waals surface area contributed by atoms with E-state index in [1.165, 1.54) is 6.20 Å². The van der Waals surface area contributed by atoms with E-state index in [-0.39, 0.29) is 5.91 Å². The fourth-order valence-corrected chi connectivity index (χ4v) is 3.14. The van der Waals surface area contributed by atoms with Crippen molar-refractivity contribution in [2.45, 2.75) is 13.3 Å². The van der Waals surface area contributed by atoms with E-state index in [4.69, 9.17) is 21.1 Å². The molecule has 0 aliphatic heterocycles. The van der Waals surface area contributed by atoms with Gasteiger partial charge >= 0.3 is 0 Å². The Balaban J connectivity index is 1.94. The Morgan fingerprint density at radius 3 is 2.67 bits per heavy atom. The van der Waals surface area contributed by atoms with Gasteiger partial charge in [-0.3, -0.25) is 4.79 Å². The Kier molecular flexibility index (Phi) is 5.93. The molecule has 0 unspecified atom stereocenters. The molecule has 0 fully saturated rings. The van der Waals surface area contributed by atoms with Gasteiger partial charge in [0.1, 0.15) is 5.75 Å². The number of carbonyl (C=O) groups is 1. The second-order valence-electron chi connectivity index (χ2n) is 5.98. The molecule has 3 rings (SSSR count). The largest absolute Gasteiger partial charge is 0.497 e. The molecule has 0 saturated carbocycles. The highest BCUT2D eigenvalue weighted by atomic mass is 35.5. The number of fused-ring (bicyclic) bond motifs is 1. The molecule has 1 N–H and O–H groups in total. The molecular weight excluding hydrogens is 368 g/mol. The Hall–Kier alpha value is -2.64. The molecule has 1 amide bonds. The van der Waals surface area contributed by atoms with Gasteiger partial charge in [0.25, 0.3) is 5.91 Å². The number of nitrogens with zero attached hydrogens (tertiary/aromatic N) is 3. The number of aromatic nitrogens is 3. The van der Waals surface area contributed by atoms with E-state index in [1.54, 1.807) is 18.9 Å². The van der Waals surface area contributed by atoms with Crippen LogP contribution in [0.1, 0.15) is 22.5 Å². The molecule has 0 radical (unpaired) electrons. The van der Waals surface area contributed by atoms with E-state index in [0.29, 0.717) is 40.5 Å². The van der Waals surface area contributed by atoms with Gasteiger partial charge in [-0.1, -0.05) is 11.6 Å². The fourth-order valence-electron chi connectivity index (χ4n) is 2.78. The van der Waals surface area contributed by atoms with Crippen molar-refractivity contribution >= 4 is 28.5 Å². The van der Waals surface area contributed by atoms with Gasteiger partial charge in [0.2, 0.25) is 0 Å². The van der Waals surface area contributed by atoms with Crippen molar-refractivity contribution in [2.24, 2.45) is 0 Å². The van der Waals surface area contributed by atoms with Crippen LogP contribution in [0.2, 0.25) is 5.02 Å². The Morgan fingerprint density at radius 1 is 1.26 bits per heavy atom. The summed E-state index contributed by atoms with van der Waals surface area (Å²) in [4.78, 5) is 16.9.